The van der Waals surface area contributed by atoms with Crippen LogP contribution in [0.1, 0.15) is 20.8 Å². The van der Waals surface area contributed by atoms with Crippen molar-refractivity contribution in [1.29, 1.82) is 0 Å². The zero-order chi connectivity index (χ0) is 13.3. The lowest BCUT2D eigenvalue weighted by molar-refractivity contribution is -0.173. The Morgan fingerprint density at radius 1 is 1.29 bits per heavy atom. The number of alkyl carbamates (subject to hydrolysis) is 1. The number of rotatable bonds is 1. The fourth-order valence-corrected chi connectivity index (χ4v) is 1.63. The fraction of sp³-hybridized carbons (Fsp3) is 0.900. The Hall–Kier alpha value is -0.980. The van der Waals surface area contributed by atoms with E-state index in [9.17, 15) is 18.0 Å². The summed E-state index contributed by atoms with van der Waals surface area (Å²) in [5.41, 5.74) is -0.718. The molecule has 0 aromatic heterocycles. The maximum absolute atomic E-state index is 12.6. The Labute approximate surface area is 97.9 Å². The van der Waals surface area contributed by atoms with E-state index in [4.69, 9.17) is 4.74 Å². The highest BCUT2D eigenvalue weighted by Gasteiger charge is 2.47. The molecule has 2 atom stereocenters. The van der Waals surface area contributed by atoms with Gasteiger partial charge in [0, 0.05) is 13.1 Å². The van der Waals surface area contributed by atoms with E-state index in [0.717, 1.165) is 0 Å². The molecule has 1 rings (SSSR count). The maximum atomic E-state index is 12.6. The maximum Gasteiger partial charge on any atom is 0.407 e. The molecular formula is C10H17F3N2O2. The van der Waals surface area contributed by atoms with Crippen LogP contribution >= 0.6 is 0 Å². The molecule has 4 nitrogen and oxygen atoms in total. The van der Waals surface area contributed by atoms with Gasteiger partial charge >= 0.3 is 12.3 Å². The van der Waals surface area contributed by atoms with E-state index in [1.54, 1.807) is 20.8 Å². The monoisotopic (exact) mass is 254 g/mol. The van der Waals surface area contributed by atoms with Gasteiger partial charge in [0.15, 0.2) is 0 Å². The Morgan fingerprint density at radius 2 is 1.88 bits per heavy atom. The van der Waals surface area contributed by atoms with Gasteiger partial charge in [-0.25, -0.2) is 4.79 Å². The minimum atomic E-state index is -4.32. The van der Waals surface area contributed by atoms with Gasteiger partial charge in [0.2, 0.25) is 0 Å². The minimum Gasteiger partial charge on any atom is -0.444 e. The van der Waals surface area contributed by atoms with Crippen molar-refractivity contribution < 1.29 is 22.7 Å². The molecule has 7 heteroatoms. The van der Waals surface area contributed by atoms with Crippen LogP contribution in [0.15, 0.2) is 0 Å². The molecule has 0 unspecified atom stereocenters. The molecule has 100 valence electrons. The highest BCUT2D eigenvalue weighted by molar-refractivity contribution is 5.68. The first-order chi connectivity index (χ1) is 7.59. The molecule has 0 saturated carbocycles. The molecule has 1 fully saturated rings. The van der Waals surface area contributed by atoms with Crippen LogP contribution in [0.2, 0.25) is 0 Å². The summed E-state index contributed by atoms with van der Waals surface area (Å²) < 4.78 is 42.6. The van der Waals surface area contributed by atoms with Gasteiger partial charge in [-0.1, -0.05) is 0 Å². The van der Waals surface area contributed by atoms with Crippen molar-refractivity contribution in [3.8, 4) is 0 Å². The lowest BCUT2D eigenvalue weighted by atomic mass is 10.0. The van der Waals surface area contributed by atoms with Gasteiger partial charge in [0.25, 0.3) is 0 Å². The normalized spacial score (nSPS) is 25.8. The molecule has 1 aliphatic rings. The molecule has 17 heavy (non-hydrogen) atoms. The summed E-state index contributed by atoms with van der Waals surface area (Å²) in [5.74, 6) is -1.56. The summed E-state index contributed by atoms with van der Waals surface area (Å²) in [6.07, 6.45) is -5.14. The third-order valence-electron chi connectivity index (χ3n) is 2.34. The predicted molar refractivity (Wildman–Crippen MR) is 55.6 cm³/mol. The van der Waals surface area contributed by atoms with Crippen molar-refractivity contribution in [3.05, 3.63) is 0 Å². The lowest BCUT2D eigenvalue weighted by Gasteiger charge is -2.25. The Kier molecular flexibility index (Phi) is 3.91. The van der Waals surface area contributed by atoms with Crippen LogP contribution in [0.4, 0.5) is 18.0 Å². The van der Waals surface area contributed by atoms with Gasteiger partial charge in [-0.15, -0.1) is 0 Å². The second kappa shape index (κ2) is 4.72. The quantitative estimate of drug-likeness (QED) is 0.748. The molecule has 0 spiro atoms. The number of hydrogen-bond donors (Lipinski definition) is 2. The molecule has 0 aromatic carbocycles. The fourth-order valence-electron chi connectivity index (χ4n) is 1.63. The standard InChI is InChI=1S/C10H17F3N2O2/c1-9(2,3)17-8(16)15-7-5-14-4-6(7)10(11,12)13/h6-7,14H,4-5H2,1-3H3,(H,15,16)/t6-,7-/m0/s1. The third-order valence-corrected chi connectivity index (χ3v) is 2.34. The smallest absolute Gasteiger partial charge is 0.407 e. The first kappa shape index (κ1) is 14.1. The summed E-state index contributed by atoms with van der Waals surface area (Å²) in [6, 6.07) is -0.968. The number of nitrogens with one attached hydrogen (secondary N) is 2. The molecule has 1 heterocycles. The third kappa shape index (κ3) is 4.41. The van der Waals surface area contributed by atoms with Gasteiger partial charge in [0.05, 0.1) is 12.0 Å². The zero-order valence-corrected chi connectivity index (χ0v) is 10.0. The molecule has 0 aromatic rings. The number of alkyl halides is 3. The largest absolute Gasteiger partial charge is 0.444 e. The van der Waals surface area contributed by atoms with Crippen molar-refractivity contribution in [1.82, 2.24) is 10.6 Å². The van der Waals surface area contributed by atoms with Gasteiger partial charge in [-0.2, -0.15) is 13.2 Å². The van der Waals surface area contributed by atoms with E-state index < -0.39 is 29.8 Å². The van der Waals surface area contributed by atoms with Crippen LogP contribution in [0.25, 0.3) is 0 Å². The van der Waals surface area contributed by atoms with Gasteiger partial charge in [-0.3, -0.25) is 0 Å². The summed E-state index contributed by atoms with van der Waals surface area (Å²) in [4.78, 5) is 11.4. The zero-order valence-electron chi connectivity index (χ0n) is 10.0. The van der Waals surface area contributed by atoms with Crippen LogP contribution in [-0.2, 0) is 4.74 Å². The summed E-state index contributed by atoms with van der Waals surface area (Å²) in [6.45, 7) is 4.88. The first-order valence-electron chi connectivity index (χ1n) is 5.36. The summed E-state index contributed by atoms with van der Waals surface area (Å²) in [7, 11) is 0. The Morgan fingerprint density at radius 3 is 2.35 bits per heavy atom. The van der Waals surface area contributed by atoms with E-state index in [-0.39, 0.29) is 13.1 Å². The minimum absolute atomic E-state index is 0.101. The van der Waals surface area contributed by atoms with Gasteiger partial charge in [-0.05, 0) is 20.8 Å². The number of amides is 1. The van der Waals surface area contributed by atoms with E-state index in [1.165, 1.54) is 0 Å². The van der Waals surface area contributed by atoms with Crippen LogP contribution < -0.4 is 10.6 Å². The van der Waals surface area contributed by atoms with Crippen molar-refractivity contribution in [2.24, 2.45) is 5.92 Å². The second-order valence-corrected chi connectivity index (χ2v) is 5.06. The van der Waals surface area contributed by atoms with Gasteiger partial charge in [0.1, 0.15) is 5.60 Å². The highest BCUT2D eigenvalue weighted by atomic mass is 19.4. The van der Waals surface area contributed by atoms with Crippen molar-refractivity contribution in [3.63, 3.8) is 0 Å². The first-order valence-corrected chi connectivity index (χ1v) is 5.36. The van der Waals surface area contributed by atoms with Crippen LogP contribution in [0.3, 0.4) is 0 Å². The molecule has 1 saturated heterocycles. The molecule has 0 radical (unpaired) electrons. The molecule has 0 bridgehead atoms. The average molecular weight is 254 g/mol. The lowest BCUT2D eigenvalue weighted by Crippen LogP contribution is -2.47. The van der Waals surface area contributed by atoms with Crippen LogP contribution in [0, 0.1) is 5.92 Å². The van der Waals surface area contributed by atoms with Crippen LogP contribution in [0.5, 0.6) is 0 Å². The number of carbonyl (C=O) groups excluding carboxylic acids is 1. The topological polar surface area (TPSA) is 50.4 Å². The highest BCUT2D eigenvalue weighted by Crippen LogP contribution is 2.30. The number of halogens is 3. The number of hydrogen-bond acceptors (Lipinski definition) is 3. The molecule has 1 amide bonds. The summed E-state index contributed by atoms with van der Waals surface area (Å²) >= 11 is 0. The number of carbonyl (C=O) groups is 1. The van der Waals surface area contributed by atoms with Gasteiger partial charge < -0.3 is 15.4 Å². The van der Waals surface area contributed by atoms with E-state index in [2.05, 4.69) is 10.6 Å². The van der Waals surface area contributed by atoms with Crippen molar-refractivity contribution >= 4 is 6.09 Å². The van der Waals surface area contributed by atoms with Crippen LogP contribution in [-0.4, -0.2) is 37.0 Å². The number of ether oxygens (including phenoxy) is 1. The second-order valence-electron chi connectivity index (χ2n) is 5.06. The van der Waals surface area contributed by atoms with Crippen molar-refractivity contribution in [2.75, 3.05) is 13.1 Å². The SMILES string of the molecule is CC(C)(C)OC(=O)N[C@H]1CNC[C@@H]1C(F)(F)F. The molecule has 1 aliphatic heterocycles. The molecule has 2 N–H and O–H groups in total. The summed E-state index contributed by atoms with van der Waals surface area (Å²) in [5, 5.41) is 4.86. The van der Waals surface area contributed by atoms with E-state index >= 15 is 0 Å². The van der Waals surface area contributed by atoms with E-state index in [1.807, 2.05) is 0 Å². The Balaban J connectivity index is 2.54. The van der Waals surface area contributed by atoms with E-state index in [0.29, 0.717) is 0 Å². The molecule has 0 aliphatic carbocycles. The predicted octanol–water partition coefficient (Wildman–Crippen LogP) is 1.66. The van der Waals surface area contributed by atoms with Crippen molar-refractivity contribution in [2.45, 2.75) is 38.6 Å². The molecular weight excluding hydrogens is 237 g/mol. The Bertz CT molecular complexity index is 286. The average Bonchev–Trinajstić information content (AvgIpc) is 2.46.